The molecule has 1 aliphatic heterocycles. The van der Waals surface area contributed by atoms with Crippen molar-refractivity contribution in [3.05, 3.63) is 65.7 Å². The van der Waals surface area contributed by atoms with Gasteiger partial charge in [0.25, 0.3) is 0 Å². The van der Waals surface area contributed by atoms with Gasteiger partial charge >= 0.3 is 0 Å². The quantitative estimate of drug-likeness (QED) is 0.858. The van der Waals surface area contributed by atoms with Gasteiger partial charge in [0.2, 0.25) is 5.91 Å². The van der Waals surface area contributed by atoms with E-state index in [1.807, 2.05) is 61.5 Å². The molecule has 1 unspecified atom stereocenters. The fraction of sp³-hybridized carbons (Fsp3) is 0.263. The number of hydrazone groups is 1. The van der Waals surface area contributed by atoms with Crippen LogP contribution < -0.4 is 4.74 Å². The maximum absolute atomic E-state index is 11.8. The molecule has 0 spiro atoms. The number of benzene rings is 2. The molecule has 4 nitrogen and oxygen atoms in total. The lowest BCUT2D eigenvalue weighted by atomic mass is 10.0. The Morgan fingerprint density at radius 3 is 2.61 bits per heavy atom. The zero-order valence-electron chi connectivity index (χ0n) is 13.4. The third-order valence-corrected chi connectivity index (χ3v) is 3.90. The third-order valence-electron chi connectivity index (χ3n) is 3.90. The van der Waals surface area contributed by atoms with Gasteiger partial charge in [-0.25, -0.2) is 5.01 Å². The summed E-state index contributed by atoms with van der Waals surface area (Å²) in [6.45, 7) is 4.00. The van der Waals surface area contributed by atoms with E-state index in [-0.39, 0.29) is 11.9 Å². The molecule has 0 aliphatic carbocycles. The van der Waals surface area contributed by atoms with Crippen molar-refractivity contribution in [3.63, 3.8) is 0 Å². The van der Waals surface area contributed by atoms with Crippen molar-refractivity contribution < 1.29 is 9.53 Å². The maximum atomic E-state index is 11.8. The number of para-hydroxylation sites is 1. The maximum Gasteiger partial charge on any atom is 0.240 e. The summed E-state index contributed by atoms with van der Waals surface area (Å²) in [4.78, 5) is 11.8. The van der Waals surface area contributed by atoms with Gasteiger partial charge in [-0.2, -0.15) is 5.10 Å². The van der Waals surface area contributed by atoms with Crippen LogP contribution in [0.3, 0.4) is 0 Å². The molecule has 1 heterocycles. The summed E-state index contributed by atoms with van der Waals surface area (Å²) in [5.74, 6) is 0.752. The highest BCUT2D eigenvalue weighted by molar-refractivity contribution is 5.88. The lowest BCUT2D eigenvalue weighted by Gasteiger charge is -2.23. The molecule has 0 N–H and O–H groups in total. The Kier molecular flexibility index (Phi) is 4.42. The number of nitrogens with zero attached hydrogens (tertiary/aromatic N) is 2. The molecule has 0 radical (unpaired) electrons. The van der Waals surface area contributed by atoms with Gasteiger partial charge in [0.05, 0.1) is 6.04 Å². The fourth-order valence-corrected chi connectivity index (χ4v) is 2.81. The van der Waals surface area contributed by atoms with Crippen LogP contribution in [0.1, 0.15) is 37.4 Å². The lowest BCUT2D eigenvalue weighted by Crippen LogP contribution is -2.24. The number of rotatable bonds is 4. The smallest absolute Gasteiger partial charge is 0.240 e. The molecular formula is C19H20N2O2. The van der Waals surface area contributed by atoms with Crippen LogP contribution in [0.25, 0.3) is 0 Å². The predicted molar refractivity (Wildman–Crippen MR) is 90.2 cm³/mol. The molecule has 0 saturated carbocycles. The second kappa shape index (κ2) is 6.65. The van der Waals surface area contributed by atoms with Crippen molar-refractivity contribution in [2.75, 3.05) is 0 Å². The van der Waals surface area contributed by atoms with Crippen molar-refractivity contribution in [1.82, 2.24) is 5.01 Å². The van der Waals surface area contributed by atoms with E-state index in [2.05, 4.69) is 5.10 Å². The van der Waals surface area contributed by atoms with E-state index in [9.17, 15) is 4.79 Å². The highest BCUT2D eigenvalue weighted by atomic mass is 16.5. The highest BCUT2D eigenvalue weighted by Crippen LogP contribution is 2.36. The average Bonchev–Trinajstić information content (AvgIpc) is 2.96. The Balaban J connectivity index is 1.82. The highest BCUT2D eigenvalue weighted by Gasteiger charge is 2.30. The second-order valence-corrected chi connectivity index (χ2v) is 5.73. The van der Waals surface area contributed by atoms with E-state index in [0.717, 1.165) is 29.0 Å². The summed E-state index contributed by atoms with van der Waals surface area (Å²) in [5, 5.41) is 5.91. The van der Waals surface area contributed by atoms with Crippen LogP contribution in [0.5, 0.6) is 5.75 Å². The zero-order chi connectivity index (χ0) is 16.2. The summed E-state index contributed by atoms with van der Waals surface area (Å²) in [6.07, 6.45) is 0.741. The molecule has 1 aliphatic rings. The first-order chi connectivity index (χ1) is 11.1. The predicted octanol–water partition coefficient (Wildman–Crippen LogP) is 3.93. The second-order valence-electron chi connectivity index (χ2n) is 5.73. The van der Waals surface area contributed by atoms with Crippen LogP contribution in [0.4, 0.5) is 0 Å². The summed E-state index contributed by atoms with van der Waals surface area (Å²) in [5.41, 5.74) is 3.08. The van der Waals surface area contributed by atoms with Gasteiger partial charge in [0.15, 0.2) is 0 Å². The number of hydrogen-bond acceptors (Lipinski definition) is 3. The largest absolute Gasteiger partial charge is 0.489 e. The molecule has 2 aromatic rings. The molecule has 2 aromatic carbocycles. The van der Waals surface area contributed by atoms with Gasteiger partial charge < -0.3 is 4.74 Å². The van der Waals surface area contributed by atoms with Gasteiger partial charge in [-0.15, -0.1) is 0 Å². The van der Waals surface area contributed by atoms with Crippen molar-refractivity contribution >= 4 is 11.6 Å². The Bertz CT molecular complexity index is 725. The first kappa shape index (κ1) is 15.3. The molecule has 3 rings (SSSR count). The number of ether oxygens (including phenoxy) is 1. The van der Waals surface area contributed by atoms with E-state index in [4.69, 9.17) is 4.74 Å². The molecule has 4 heteroatoms. The van der Waals surface area contributed by atoms with Gasteiger partial charge in [-0.05, 0) is 18.6 Å². The zero-order valence-corrected chi connectivity index (χ0v) is 13.4. The minimum absolute atomic E-state index is 0.0512. The monoisotopic (exact) mass is 308 g/mol. The van der Waals surface area contributed by atoms with Crippen molar-refractivity contribution in [1.29, 1.82) is 0 Å². The van der Waals surface area contributed by atoms with E-state index < -0.39 is 0 Å². The van der Waals surface area contributed by atoms with Gasteiger partial charge in [-0.1, -0.05) is 48.5 Å². The van der Waals surface area contributed by atoms with Crippen LogP contribution in [-0.4, -0.2) is 16.6 Å². The molecule has 0 saturated heterocycles. The normalized spacial score (nSPS) is 17.0. The third kappa shape index (κ3) is 3.42. The van der Waals surface area contributed by atoms with Crippen molar-refractivity contribution in [2.45, 2.75) is 32.9 Å². The van der Waals surface area contributed by atoms with Crippen LogP contribution in [-0.2, 0) is 11.4 Å². The van der Waals surface area contributed by atoms with Crippen molar-refractivity contribution in [3.8, 4) is 5.75 Å². The van der Waals surface area contributed by atoms with E-state index in [0.29, 0.717) is 6.61 Å². The Morgan fingerprint density at radius 1 is 1.17 bits per heavy atom. The first-order valence-corrected chi connectivity index (χ1v) is 7.74. The Hall–Kier alpha value is -2.62. The molecular weight excluding hydrogens is 288 g/mol. The number of carbonyl (C=O) groups excluding carboxylic acids is 1. The fourth-order valence-electron chi connectivity index (χ4n) is 2.81. The lowest BCUT2D eigenvalue weighted by molar-refractivity contribution is -0.130. The van der Waals surface area contributed by atoms with Gasteiger partial charge in [0.1, 0.15) is 12.4 Å². The average molecular weight is 308 g/mol. The minimum Gasteiger partial charge on any atom is -0.489 e. The standard InChI is InChI=1S/C19H20N2O2/c1-14-12-18(21(20-14)15(2)22)17-10-6-7-11-19(17)23-13-16-8-4-3-5-9-16/h3-11,18H,12-13H2,1-2H3. The van der Waals surface area contributed by atoms with Gasteiger partial charge in [0, 0.05) is 24.6 Å². The molecule has 0 fully saturated rings. The van der Waals surface area contributed by atoms with Crippen LogP contribution in [0.15, 0.2) is 59.7 Å². The summed E-state index contributed by atoms with van der Waals surface area (Å²) < 4.78 is 6.01. The number of carbonyl (C=O) groups is 1. The summed E-state index contributed by atoms with van der Waals surface area (Å²) in [7, 11) is 0. The van der Waals surface area contributed by atoms with E-state index in [1.54, 1.807) is 11.9 Å². The summed E-state index contributed by atoms with van der Waals surface area (Å²) >= 11 is 0. The van der Waals surface area contributed by atoms with E-state index >= 15 is 0 Å². The van der Waals surface area contributed by atoms with Crippen LogP contribution >= 0.6 is 0 Å². The number of amides is 1. The molecule has 0 aromatic heterocycles. The molecule has 23 heavy (non-hydrogen) atoms. The summed E-state index contributed by atoms with van der Waals surface area (Å²) in [6, 6.07) is 17.8. The molecule has 0 bridgehead atoms. The minimum atomic E-state index is -0.0838. The van der Waals surface area contributed by atoms with Gasteiger partial charge in [-0.3, -0.25) is 4.79 Å². The molecule has 118 valence electrons. The number of hydrogen-bond donors (Lipinski definition) is 0. The van der Waals surface area contributed by atoms with Crippen LogP contribution in [0, 0.1) is 0 Å². The van der Waals surface area contributed by atoms with Crippen molar-refractivity contribution in [2.24, 2.45) is 5.10 Å². The van der Waals surface area contributed by atoms with E-state index in [1.165, 1.54) is 0 Å². The van der Waals surface area contributed by atoms with Crippen LogP contribution in [0.2, 0.25) is 0 Å². The molecule has 1 atom stereocenters. The Labute approximate surface area is 136 Å². The SMILES string of the molecule is CC(=O)N1N=C(C)CC1c1ccccc1OCc1ccccc1. The molecule has 1 amide bonds. The Morgan fingerprint density at radius 2 is 1.87 bits per heavy atom. The first-order valence-electron chi connectivity index (χ1n) is 7.74. The topological polar surface area (TPSA) is 41.9 Å².